The lowest BCUT2D eigenvalue weighted by molar-refractivity contribution is 0.450. The van der Waals surface area contributed by atoms with Crippen molar-refractivity contribution in [1.29, 1.82) is 0 Å². The second kappa shape index (κ2) is 5.94. The zero-order valence-electron chi connectivity index (χ0n) is 11.1. The Labute approximate surface area is 108 Å². The molecule has 0 saturated carbocycles. The molecular weight excluding hydrogens is 222 g/mol. The summed E-state index contributed by atoms with van der Waals surface area (Å²) in [5.74, 6) is 6.41. The van der Waals surface area contributed by atoms with Crippen LogP contribution in [-0.4, -0.2) is 4.98 Å². The minimum Gasteiger partial charge on any atom is -0.271 e. The van der Waals surface area contributed by atoms with Crippen molar-refractivity contribution in [3.05, 3.63) is 42.2 Å². The first-order valence-electron chi connectivity index (χ1n) is 6.51. The van der Waals surface area contributed by atoms with Crippen LogP contribution in [0.15, 0.2) is 36.7 Å². The molecule has 1 aromatic heterocycles. The maximum atomic E-state index is 5.72. The van der Waals surface area contributed by atoms with Crippen molar-refractivity contribution in [2.75, 3.05) is 0 Å². The molecule has 1 aromatic carbocycles. The second-order valence-corrected chi connectivity index (χ2v) is 5.13. The molecule has 3 heteroatoms. The van der Waals surface area contributed by atoms with Crippen LogP contribution in [0.2, 0.25) is 0 Å². The number of nitrogens with two attached hydrogens (primary N) is 1. The molecule has 96 valence electrons. The summed E-state index contributed by atoms with van der Waals surface area (Å²) in [7, 11) is 0. The van der Waals surface area contributed by atoms with Gasteiger partial charge in [0.1, 0.15) is 0 Å². The molecule has 1 heterocycles. The minimum absolute atomic E-state index is 0.207. The van der Waals surface area contributed by atoms with Crippen LogP contribution in [-0.2, 0) is 0 Å². The highest BCUT2D eigenvalue weighted by Gasteiger charge is 2.13. The van der Waals surface area contributed by atoms with Gasteiger partial charge in [0.25, 0.3) is 0 Å². The van der Waals surface area contributed by atoms with E-state index in [0.717, 1.165) is 12.8 Å². The first-order valence-corrected chi connectivity index (χ1v) is 6.51. The number of nitrogens with one attached hydrogen (secondary N) is 1. The summed E-state index contributed by atoms with van der Waals surface area (Å²) < 4.78 is 0. The molecule has 0 bridgehead atoms. The normalized spacial score (nSPS) is 13.1. The quantitative estimate of drug-likeness (QED) is 0.626. The number of aromatic nitrogens is 1. The molecule has 18 heavy (non-hydrogen) atoms. The van der Waals surface area contributed by atoms with E-state index >= 15 is 0 Å². The van der Waals surface area contributed by atoms with Crippen molar-refractivity contribution in [2.45, 2.75) is 32.7 Å². The summed E-state index contributed by atoms with van der Waals surface area (Å²) in [5.41, 5.74) is 4.21. The van der Waals surface area contributed by atoms with E-state index in [9.17, 15) is 0 Å². The number of rotatable bonds is 5. The smallest absolute Gasteiger partial charge is 0.0466 e. The van der Waals surface area contributed by atoms with E-state index in [1.807, 2.05) is 12.4 Å². The molecule has 0 radical (unpaired) electrons. The van der Waals surface area contributed by atoms with Crippen LogP contribution in [0.4, 0.5) is 0 Å². The lowest BCUT2D eigenvalue weighted by atomic mass is 9.94. The minimum atomic E-state index is 0.207. The van der Waals surface area contributed by atoms with Gasteiger partial charge >= 0.3 is 0 Å². The molecule has 2 rings (SSSR count). The average molecular weight is 243 g/mol. The molecule has 0 fully saturated rings. The Bertz CT molecular complexity index is 503. The summed E-state index contributed by atoms with van der Waals surface area (Å²) in [6.07, 6.45) is 5.95. The summed E-state index contributed by atoms with van der Waals surface area (Å²) >= 11 is 0. The van der Waals surface area contributed by atoms with E-state index in [1.165, 1.54) is 16.3 Å². The predicted octanol–water partition coefficient (Wildman–Crippen LogP) is 3.18. The van der Waals surface area contributed by atoms with Gasteiger partial charge in [-0.1, -0.05) is 32.0 Å². The van der Waals surface area contributed by atoms with E-state index < -0.39 is 0 Å². The molecule has 0 amide bonds. The van der Waals surface area contributed by atoms with Crippen LogP contribution in [0.1, 0.15) is 38.3 Å². The van der Waals surface area contributed by atoms with Crippen LogP contribution in [0.25, 0.3) is 10.8 Å². The van der Waals surface area contributed by atoms with Crippen LogP contribution in [0.3, 0.4) is 0 Å². The van der Waals surface area contributed by atoms with E-state index in [1.54, 1.807) is 0 Å². The molecule has 0 aliphatic carbocycles. The third-order valence-electron chi connectivity index (χ3n) is 3.32. The Morgan fingerprint density at radius 1 is 1.22 bits per heavy atom. The van der Waals surface area contributed by atoms with Gasteiger partial charge in [0, 0.05) is 23.8 Å². The zero-order valence-corrected chi connectivity index (χ0v) is 11.1. The highest BCUT2D eigenvalue weighted by atomic mass is 15.2. The van der Waals surface area contributed by atoms with Crippen molar-refractivity contribution >= 4 is 10.8 Å². The summed E-state index contributed by atoms with van der Waals surface area (Å²) in [5, 5.41) is 2.40. The van der Waals surface area contributed by atoms with Gasteiger partial charge in [-0.15, -0.1) is 0 Å². The Hall–Kier alpha value is -1.45. The van der Waals surface area contributed by atoms with E-state index in [0.29, 0.717) is 5.92 Å². The Morgan fingerprint density at radius 3 is 2.78 bits per heavy atom. The fourth-order valence-corrected chi connectivity index (χ4v) is 2.28. The van der Waals surface area contributed by atoms with Crippen molar-refractivity contribution in [3.63, 3.8) is 0 Å². The van der Waals surface area contributed by atoms with E-state index in [2.05, 4.69) is 48.5 Å². The highest BCUT2D eigenvalue weighted by molar-refractivity contribution is 5.85. The fraction of sp³-hybridized carbons (Fsp3) is 0.400. The van der Waals surface area contributed by atoms with Crippen molar-refractivity contribution in [1.82, 2.24) is 10.4 Å². The van der Waals surface area contributed by atoms with Crippen LogP contribution in [0, 0.1) is 5.92 Å². The lowest BCUT2D eigenvalue weighted by Crippen LogP contribution is -2.28. The van der Waals surface area contributed by atoms with E-state index in [4.69, 9.17) is 5.84 Å². The molecule has 3 N–H and O–H groups in total. The fourth-order valence-electron chi connectivity index (χ4n) is 2.28. The van der Waals surface area contributed by atoms with Crippen molar-refractivity contribution in [2.24, 2.45) is 11.8 Å². The van der Waals surface area contributed by atoms with Gasteiger partial charge in [-0.3, -0.25) is 16.3 Å². The maximum Gasteiger partial charge on any atom is 0.0466 e. The Balaban J connectivity index is 2.32. The molecule has 2 aromatic rings. The molecule has 0 spiro atoms. The maximum absolute atomic E-state index is 5.72. The molecule has 0 saturated heterocycles. The Kier molecular flexibility index (Phi) is 4.28. The first kappa shape index (κ1) is 13.0. The van der Waals surface area contributed by atoms with Gasteiger partial charge < -0.3 is 0 Å². The standard InChI is InChI=1S/C15H21N3/c1-11(2)6-7-15(18-16)14-5-3-4-12-10-17-9-8-13(12)14/h3-5,8-11,15,18H,6-7,16H2,1-2H3. The van der Waals surface area contributed by atoms with Gasteiger partial charge in [-0.25, -0.2) is 0 Å². The predicted molar refractivity (Wildman–Crippen MR) is 75.9 cm³/mol. The number of nitrogens with zero attached hydrogens (tertiary/aromatic N) is 1. The Morgan fingerprint density at radius 2 is 2.06 bits per heavy atom. The number of hydrogen-bond donors (Lipinski definition) is 2. The summed E-state index contributed by atoms with van der Waals surface area (Å²) in [4.78, 5) is 4.16. The topological polar surface area (TPSA) is 50.9 Å². The van der Waals surface area contributed by atoms with Crippen LogP contribution < -0.4 is 11.3 Å². The highest BCUT2D eigenvalue weighted by Crippen LogP contribution is 2.27. The molecule has 1 unspecified atom stereocenters. The monoisotopic (exact) mass is 243 g/mol. The van der Waals surface area contributed by atoms with Gasteiger partial charge in [-0.05, 0) is 35.8 Å². The molecule has 1 atom stereocenters. The summed E-state index contributed by atoms with van der Waals surface area (Å²) in [6, 6.07) is 8.57. The van der Waals surface area contributed by atoms with Crippen LogP contribution in [0.5, 0.6) is 0 Å². The number of fused-ring (bicyclic) bond motifs is 1. The number of hydrazine groups is 1. The van der Waals surface area contributed by atoms with Gasteiger partial charge in [0.2, 0.25) is 0 Å². The SMILES string of the molecule is CC(C)CCC(NN)c1cccc2cnccc12. The number of hydrogen-bond acceptors (Lipinski definition) is 3. The number of benzene rings is 1. The third kappa shape index (κ3) is 2.86. The van der Waals surface area contributed by atoms with Crippen molar-refractivity contribution < 1.29 is 0 Å². The average Bonchev–Trinajstić information content (AvgIpc) is 2.39. The van der Waals surface area contributed by atoms with Gasteiger partial charge in [0.05, 0.1) is 0 Å². The van der Waals surface area contributed by atoms with Gasteiger partial charge in [-0.2, -0.15) is 0 Å². The molecular formula is C15H21N3. The van der Waals surface area contributed by atoms with Crippen LogP contribution >= 0.6 is 0 Å². The van der Waals surface area contributed by atoms with Gasteiger partial charge in [0.15, 0.2) is 0 Å². The molecule has 3 nitrogen and oxygen atoms in total. The summed E-state index contributed by atoms with van der Waals surface area (Å²) in [6.45, 7) is 4.47. The molecule has 0 aliphatic rings. The first-order chi connectivity index (χ1) is 8.72. The largest absolute Gasteiger partial charge is 0.271 e. The second-order valence-electron chi connectivity index (χ2n) is 5.13. The lowest BCUT2D eigenvalue weighted by Gasteiger charge is -2.19. The zero-order chi connectivity index (χ0) is 13.0. The van der Waals surface area contributed by atoms with E-state index in [-0.39, 0.29) is 6.04 Å². The number of pyridine rings is 1. The molecule has 0 aliphatic heterocycles. The van der Waals surface area contributed by atoms with Crippen molar-refractivity contribution in [3.8, 4) is 0 Å². The third-order valence-corrected chi connectivity index (χ3v) is 3.32.